The molecule has 0 fully saturated rings. The lowest BCUT2D eigenvalue weighted by atomic mass is 10.4. The Balaban J connectivity index is 2.99. The first-order valence-corrected chi connectivity index (χ1v) is 3.95. The Morgan fingerprint density at radius 1 is 1.36 bits per heavy atom. The largest absolute Gasteiger partial charge is 0.475 e. The molecule has 0 aliphatic rings. The van der Waals surface area contributed by atoms with Crippen molar-refractivity contribution in [3.05, 3.63) is 23.7 Å². The predicted octanol–water partition coefficient (Wildman–Crippen LogP) is -0.517. The number of hydrogen-bond acceptors (Lipinski definition) is 3. The van der Waals surface area contributed by atoms with Gasteiger partial charge in [0.2, 0.25) is 5.76 Å². The zero-order chi connectivity index (χ0) is 8.43. The average Bonchev–Trinajstić information content (AvgIpc) is 2.33. The molecule has 0 radical (unpaired) electrons. The van der Waals surface area contributed by atoms with Crippen LogP contribution in [0.15, 0.2) is 16.5 Å². The third-order valence-corrected chi connectivity index (χ3v) is 1.66. The van der Waals surface area contributed by atoms with E-state index in [-0.39, 0.29) is 16.9 Å². The van der Waals surface area contributed by atoms with E-state index in [0.29, 0.717) is 10.2 Å². The van der Waals surface area contributed by atoms with Crippen LogP contribution in [-0.4, -0.2) is 26.7 Å². The maximum atomic E-state index is 10.7. The fourth-order valence-electron chi connectivity index (χ4n) is 0.642. The second-order valence-corrected chi connectivity index (χ2v) is 2.93. The van der Waals surface area contributed by atoms with E-state index >= 15 is 0 Å². The van der Waals surface area contributed by atoms with Crippen molar-refractivity contribution in [1.29, 1.82) is 0 Å². The van der Waals surface area contributed by atoms with Gasteiger partial charge in [-0.3, -0.25) is 4.79 Å². The predicted molar refractivity (Wildman–Crippen MR) is 39.9 cm³/mol. The average molecular weight is 170 g/mol. The monoisotopic (exact) mass is 170 g/mol. The molecule has 0 atom stereocenters. The highest BCUT2D eigenvalue weighted by atomic mass is 28.1. The molecule has 0 aromatic carbocycles. The van der Waals surface area contributed by atoms with Gasteiger partial charge in [0.25, 0.3) is 0 Å². The van der Waals surface area contributed by atoms with Gasteiger partial charge in [-0.15, -0.1) is 0 Å². The summed E-state index contributed by atoms with van der Waals surface area (Å²) in [5, 5.41) is 8.25. The number of carboxylic acid groups (broad SMARTS) is 1. The van der Waals surface area contributed by atoms with Gasteiger partial charge in [-0.2, -0.15) is 0 Å². The number of carbonyl (C=O) groups excluding carboxylic acids is 1. The Bertz CT molecular complexity index is 273. The summed E-state index contributed by atoms with van der Waals surface area (Å²) in [7, 11) is 0.340. The summed E-state index contributed by atoms with van der Waals surface area (Å²) in [5.41, 5.74) is 0. The topological polar surface area (TPSA) is 67.5 Å². The lowest BCUT2D eigenvalue weighted by Crippen LogP contribution is -1.95. The van der Waals surface area contributed by atoms with Crippen molar-refractivity contribution in [3.63, 3.8) is 0 Å². The fraction of sp³-hybridized carbons (Fsp3) is 0. The van der Waals surface area contributed by atoms with Gasteiger partial charge in [0, 0.05) is 0 Å². The summed E-state index contributed by atoms with van der Waals surface area (Å²) in [5.74, 6) is -1.21. The van der Waals surface area contributed by atoms with E-state index in [1.165, 1.54) is 12.1 Å². The van der Waals surface area contributed by atoms with Crippen molar-refractivity contribution >= 4 is 21.6 Å². The molecule has 1 N–H and O–H groups in total. The van der Waals surface area contributed by atoms with Crippen LogP contribution < -0.4 is 0 Å². The SMILES string of the molecule is O=C(O)c1ccc(C(=O)[SiH3])o1. The zero-order valence-electron chi connectivity index (χ0n) is 5.83. The molecule has 11 heavy (non-hydrogen) atoms. The van der Waals surface area contributed by atoms with E-state index in [0.717, 1.165) is 0 Å². The van der Waals surface area contributed by atoms with E-state index in [1.54, 1.807) is 0 Å². The third kappa shape index (κ3) is 1.56. The van der Waals surface area contributed by atoms with Crippen molar-refractivity contribution < 1.29 is 19.1 Å². The Morgan fingerprint density at radius 3 is 2.18 bits per heavy atom. The van der Waals surface area contributed by atoms with Crippen LogP contribution in [0.3, 0.4) is 0 Å². The van der Waals surface area contributed by atoms with E-state index in [2.05, 4.69) is 0 Å². The number of hydrogen-bond donors (Lipinski definition) is 1. The minimum Gasteiger partial charge on any atom is -0.475 e. The van der Waals surface area contributed by atoms with Gasteiger partial charge in [-0.1, -0.05) is 0 Å². The minimum absolute atomic E-state index is 0.133. The second-order valence-electron chi connectivity index (χ2n) is 2.03. The summed E-state index contributed by atoms with van der Waals surface area (Å²) < 4.78 is 4.69. The molecule has 0 bridgehead atoms. The van der Waals surface area contributed by atoms with Gasteiger partial charge in [-0.25, -0.2) is 4.79 Å². The first-order valence-electron chi connectivity index (χ1n) is 2.95. The molecule has 0 saturated carbocycles. The Hall–Kier alpha value is -1.36. The first kappa shape index (κ1) is 7.74. The van der Waals surface area contributed by atoms with Crippen LogP contribution in [0.5, 0.6) is 0 Å². The van der Waals surface area contributed by atoms with Gasteiger partial charge in [0.05, 0.1) is 10.2 Å². The highest BCUT2D eigenvalue weighted by molar-refractivity contribution is 6.61. The fourth-order valence-corrected chi connectivity index (χ4v) is 0.911. The molecule has 1 heterocycles. The molecular weight excluding hydrogens is 164 g/mol. The number of rotatable bonds is 2. The number of carbonyl (C=O) groups is 2. The molecule has 1 rings (SSSR count). The standard InChI is InChI=1S/C6H6O4Si/c7-5(8)3-1-2-4(10-3)6(9)11/h1-2H,11H3,(H,7,8). The van der Waals surface area contributed by atoms with Crippen LogP contribution >= 0.6 is 0 Å². The van der Waals surface area contributed by atoms with Crippen LogP contribution in [-0.2, 0) is 0 Å². The van der Waals surface area contributed by atoms with Crippen molar-refractivity contribution in [3.8, 4) is 0 Å². The molecule has 0 spiro atoms. The van der Waals surface area contributed by atoms with E-state index in [9.17, 15) is 9.59 Å². The van der Waals surface area contributed by atoms with Crippen molar-refractivity contribution in [1.82, 2.24) is 0 Å². The molecule has 0 aliphatic heterocycles. The summed E-state index contributed by atoms with van der Waals surface area (Å²) >= 11 is 0. The van der Waals surface area contributed by atoms with Gasteiger partial charge in [0.15, 0.2) is 11.2 Å². The van der Waals surface area contributed by atoms with Crippen LogP contribution in [0, 0.1) is 0 Å². The van der Waals surface area contributed by atoms with Gasteiger partial charge in [-0.05, 0) is 12.1 Å². The quantitative estimate of drug-likeness (QED) is 0.607. The Morgan fingerprint density at radius 2 is 1.91 bits per heavy atom. The lowest BCUT2D eigenvalue weighted by molar-refractivity contribution is 0.0661. The number of furan rings is 1. The number of aromatic carboxylic acids is 1. The van der Waals surface area contributed by atoms with E-state index in [4.69, 9.17) is 9.52 Å². The highest BCUT2D eigenvalue weighted by Crippen LogP contribution is 2.06. The molecule has 0 amide bonds. The smallest absolute Gasteiger partial charge is 0.371 e. The molecule has 0 unspecified atom stereocenters. The van der Waals surface area contributed by atoms with E-state index in [1.807, 2.05) is 0 Å². The Kier molecular flexibility index (Phi) is 1.91. The van der Waals surface area contributed by atoms with Crippen molar-refractivity contribution in [2.75, 3.05) is 0 Å². The molecule has 5 heteroatoms. The van der Waals surface area contributed by atoms with Crippen LogP contribution in [0.2, 0.25) is 0 Å². The molecule has 1 aromatic heterocycles. The lowest BCUT2D eigenvalue weighted by Gasteiger charge is -1.85. The van der Waals surface area contributed by atoms with Crippen molar-refractivity contribution in [2.24, 2.45) is 0 Å². The maximum Gasteiger partial charge on any atom is 0.371 e. The van der Waals surface area contributed by atoms with Gasteiger partial charge < -0.3 is 9.52 Å². The summed E-state index contributed by atoms with van der Waals surface area (Å²) in [4.78, 5) is 20.9. The highest BCUT2D eigenvalue weighted by Gasteiger charge is 2.10. The Labute approximate surface area is 65.2 Å². The molecule has 58 valence electrons. The maximum absolute atomic E-state index is 10.7. The van der Waals surface area contributed by atoms with Crippen LogP contribution in [0.4, 0.5) is 0 Å². The van der Waals surface area contributed by atoms with Crippen molar-refractivity contribution in [2.45, 2.75) is 0 Å². The van der Waals surface area contributed by atoms with Crippen LogP contribution in [0.25, 0.3) is 0 Å². The van der Waals surface area contributed by atoms with E-state index < -0.39 is 5.97 Å². The number of carboxylic acids is 1. The second kappa shape index (κ2) is 2.71. The molecule has 0 aliphatic carbocycles. The molecule has 4 nitrogen and oxygen atoms in total. The van der Waals surface area contributed by atoms with Crippen LogP contribution in [0.1, 0.15) is 21.1 Å². The molecule has 1 aromatic rings. The molecular formula is C6H6O4Si. The first-order chi connectivity index (χ1) is 5.11. The normalized spacial score (nSPS) is 9.82. The van der Waals surface area contributed by atoms with Gasteiger partial charge >= 0.3 is 5.97 Å². The summed E-state index contributed by atoms with van der Waals surface area (Å²) in [6.07, 6.45) is 0. The summed E-state index contributed by atoms with van der Waals surface area (Å²) in [6.45, 7) is 0. The van der Waals surface area contributed by atoms with Gasteiger partial charge in [0.1, 0.15) is 0 Å². The minimum atomic E-state index is -1.15. The molecule has 0 saturated heterocycles. The zero-order valence-corrected chi connectivity index (χ0v) is 7.83. The summed E-state index contributed by atoms with van der Waals surface area (Å²) in [6, 6.07) is 2.65. The third-order valence-electron chi connectivity index (χ3n) is 1.16.